The zero-order valence-electron chi connectivity index (χ0n) is 20.9. The fourth-order valence-electron chi connectivity index (χ4n) is 3.83. The molecule has 1 aromatic carbocycles. The van der Waals surface area contributed by atoms with Gasteiger partial charge in [0.2, 0.25) is 23.6 Å². The van der Waals surface area contributed by atoms with E-state index in [9.17, 15) is 19.2 Å². The summed E-state index contributed by atoms with van der Waals surface area (Å²) < 4.78 is 5.19. The molecule has 2 rings (SSSR count). The molecule has 0 spiro atoms. The van der Waals surface area contributed by atoms with E-state index in [1.165, 1.54) is 4.90 Å². The number of nitrogens with one attached hydrogen (secondary N) is 2. The molecule has 0 aromatic heterocycles. The van der Waals surface area contributed by atoms with Crippen LogP contribution in [0, 0.1) is 5.92 Å². The Balaban J connectivity index is 2.22. The van der Waals surface area contributed by atoms with Crippen LogP contribution in [0.2, 0.25) is 0 Å². The number of hydrogen-bond acceptors (Lipinski definition) is 5. The highest BCUT2D eigenvalue weighted by Gasteiger charge is 2.30. The molecule has 1 aliphatic rings. The number of nitrogens with zero attached hydrogens (tertiary/aromatic N) is 2. The Morgan fingerprint density at radius 1 is 1.12 bits per heavy atom. The van der Waals surface area contributed by atoms with Gasteiger partial charge in [0, 0.05) is 45.4 Å². The van der Waals surface area contributed by atoms with Crippen LogP contribution < -0.4 is 15.4 Å². The summed E-state index contributed by atoms with van der Waals surface area (Å²) in [6.07, 6.45) is 1.57. The first-order valence-corrected chi connectivity index (χ1v) is 11.9. The fourth-order valence-corrected chi connectivity index (χ4v) is 3.83. The van der Waals surface area contributed by atoms with Crippen LogP contribution in [0.4, 0.5) is 0 Å². The molecular formula is C25H38N4O5. The van der Waals surface area contributed by atoms with Crippen molar-refractivity contribution >= 4 is 23.6 Å². The van der Waals surface area contributed by atoms with Crippen LogP contribution in [0.1, 0.15) is 45.6 Å². The average Bonchev–Trinajstić information content (AvgIpc) is 2.83. The molecule has 2 atom stereocenters. The maximum Gasteiger partial charge on any atom is 0.245 e. The number of ether oxygens (including phenoxy) is 1. The van der Waals surface area contributed by atoms with Crippen molar-refractivity contribution in [3.8, 4) is 5.75 Å². The maximum absolute atomic E-state index is 13.3. The Morgan fingerprint density at radius 2 is 1.76 bits per heavy atom. The molecule has 0 bridgehead atoms. The number of hydrogen-bond donors (Lipinski definition) is 2. The first-order chi connectivity index (χ1) is 16.1. The van der Waals surface area contributed by atoms with Gasteiger partial charge in [-0.25, -0.2) is 0 Å². The fraction of sp³-hybridized carbons (Fsp3) is 0.600. The standard InChI is InChI=1S/C25H38N4O5/c1-17(2)24(32)29-14-6-8-22(30)27-21(16-19-9-11-20(34-5)12-10-19)25(33)28(4)18(3)23(31)26-13-7-15-29/h9-12,17-18,21H,6-8,13-16H2,1-5H3,(H,26,31)(H,27,30)/t18-,21-/m0/s1. The molecule has 9 heteroatoms. The normalized spacial score (nSPS) is 21.4. The molecule has 1 fully saturated rings. The van der Waals surface area contributed by atoms with Gasteiger partial charge in [-0.1, -0.05) is 26.0 Å². The Labute approximate surface area is 202 Å². The van der Waals surface area contributed by atoms with Crippen LogP contribution in [0.3, 0.4) is 0 Å². The third-order valence-corrected chi connectivity index (χ3v) is 6.08. The highest BCUT2D eigenvalue weighted by Crippen LogP contribution is 2.14. The second-order valence-electron chi connectivity index (χ2n) is 9.03. The van der Waals surface area contributed by atoms with Crippen molar-refractivity contribution in [2.75, 3.05) is 33.8 Å². The molecule has 9 nitrogen and oxygen atoms in total. The molecule has 1 saturated heterocycles. The van der Waals surface area contributed by atoms with Crippen molar-refractivity contribution in [2.45, 2.75) is 58.5 Å². The molecule has 0 radical (unpaired) electrons. The van der Waals surface area contributed by atoms with Gasteiger partial charge in [-0.3, -0.25) is 19.2 Å². The van der Waals surface area contributed by atoms with E-state index in [-0.39, 0.29) is 42.4 Å². The van der Waals surface area contributed by atoms with Crippen molar-refractivity contribution in [3.05, 3.63) is 29.8 Å². The van der Waals surface area contributed by atoms with Crippen molar-refractivity contribution in [1.29, 1.82) is 0 Å². The zero-order valence-corrected chi connectivity index (χ0v) is 20.9. The van der Waals surface area contributed by atoms with Gasteiger partial charge < -0.3 is 25.2 Å². The van der Waals surface area contributed by atoms with Crippen molar-refractivity contribution in [1.82, 2.24) is 20.4 Å². The molecule has 0 unspecified atom stereocenters. The van der Waals surface area contributed by atoms with Gasteiger partial charge in [0.1, 0.15) is 17.8 Å². The third kappa shape index (κ3) is 7.74. The Hall–Kier alpha value is -3.10. The lowest BCUT2D eigenvalue weighted by molar-refractivity contribution is -0.141. The van der Waals surface area contributed by atoms with E-state index < -0.39 is 12.1 Å². The molecule has 188 valence electrons. The van der Waals surface area contributed by atoms with Gasteiger partial charge in [0.15, 0.2) is 0 Å². The Kier molecular flexibility index (Phi) is 10.3. The summed E-state index contributed by atoms with van der Waals surface area (Å²) in [5.74, 6) is -0.295. The minimum Gasteiger partial charge on any atom is -0.497 e. The second-order valence-corrected chi connectivity index (χ2v) is 9.03. The van der Waals surface area contributed by atoms with Gasteiger partial charge in [0.25, 0.3) is 0 Å². The maximum atomic E-state index is 13.3. The summed E-state index contributed by atoms with van der Waals surface area (Å²) in [5, 5.41) is 5.70. The largest absolute Gasteiger partial charge is 0.497 e. The van der Waals surface area contributed by atoms with Crippen LogP contribution in [-0.2, 0) is 25.6 Å². The molecule has 1 aliphatic heterocycles. The number of carbonyl (C=O) groups is 4. The average molecular weight is 475 g/mol. The van der Waals surface area contributed by atoms with Gasteiger partial charge in [-0.15, -0.1) is 0 Å². The van der Waals surface area contributed by atoms with Gasteiger partial charge in [-0.05, 0) is 37.5 Å². The molecule has 2 N–H and O–H groups in total. The molecule has 0 aliphatic carbocycles. The van der Waals surface area contributed by atoms with E-state index in [0.29, 0.717) is 38.2 Å². The Morgan fingerprint density at radius 3 is 2.38 bits per heavy atom. The highest BCUT2D eigenvalue weighted by molar-refractivity contribution is 5.92. The van der Waals surface area contributed by atoms with Gasteiger partial charge >= 0.3 is 0 Å². The number of benzene rings is 1. The van der Waals surface area contributed by atoms with Crippen LogP contribution in [-0.4, -0.2) is 79.3 Å². The number of carbonyl (C=O) groups excluding carboxylic acids is 4. The van der Waals surface area contributed by atoms with Crippen LogP contribution >= 0.6 is 0 Å². The monoisotopic (exact) mass is 474 g/mol. The van der Waals surface area contributed by atoms with Crippen LogP contribution in [0.15, 0.2) is 24.3 Å². The van der Waals surface area contributed by atoms with Crippen LogP contribution in [0.5, 0.6) is 5.75 Å². The molecule has 0 saturated carbocycles. The zero-order chi connectivity index (χ0) is 25.3. The molecule has 4 amide bonds. The minimum absolute atomic E-state index is 0.0247. The molecule has 1 heterocycles. The van der Waals surface area contributed by atoms with Gasteiger partial charge in [0.05, 0.1) is 7.11 Å². The first kappa shape index (κ1) is 27.1. The van der Waals surface area contributed by atoms with Crippen molar-refractivity contribution < 1.29 is 23.9 Å². The van der Waals surface area contributed by atoms with Gasteiger partial charge in [-0.2, -0.15) is 0 Å². The topological polar surface area (TPSA) is 108 Å². The number of methoxy groups -OCH3 is 1. The van der Waals surface area contributed by atoms with Crippen molar-refractivity contribution in [2.24, 2.45) is 5.92 Å². The summed E-state index contributed by atoms with van der Waals surface area (Å²) in [6.45, 7) is 6.71. The summed E-state index contributed by atoms with van der Waals surface area (Å²) in [4.78, 5) is 54.4. The predicted molar refractivity (Wildman–Crippen MR) is 129 cm³/mol. The molecule has 1 aromatic rings. The smallest absolute Gasteiger partial charge is 0.245 e. The Bertz CT molecular complexity index is 855. The van der Waals surface area contributed by atoms with E-state index in [4.69, 9.17) is 4.74 Å². The number of likely N-dealkylation sites (N-methyl/N-ethyl adjacent to an activating group) is 1. The SMILES string of the molecule is COc1ccc(C[C@@H]2NC(=O)CCCN(C(=O)C(C)C)CCCNC(=O)[C@H](C)N(C)C2=O)cc1. The first-order valence-electron chi connectivity index (χ1n) is 11.9. The third-order valence-electron chi connectivity index (χ3n) is 6.08. The summed E-state index contributed by atoms with van der Waals surface area (Å²) in [7, 11) is 3.15. The summed E-state index contributed by atoms with van der Waals surface area (Å²) in [6, 6.07) is 5.77. The second kappa shape index (κ2) is 13.0. The minimum atomic E-state index is -0.820. The van der Waals surface area contributed by atoms with E-state index in [1.54, 1.807) is 38.1 Å². The quantitative estimate of drug-likeness (QED) is 0.685. The lowest BCUT2D eigenvalue weighted by Crippen LogP contribution is -2.54. The molecule has 34 heavy (non-hydrogen) atoms. The van der Waals surface area contributed by atoms with E-state index in [1.807, 2.05) is 26.0 Å². The lowest BCUT2D eigenvalue weighted by atomic mass is 10.0. The van der Waals surface area contributed by atoms with Crippen molar-refractivity contribution in [3.63, 3.8) is 0 Å². The summed E-state index contributed by atoms with van der Waals surface area (Å²) >= 11 is 0. The van der Waals surface area contributed by atoms with E-state index >= 15 is 0 Å². The highest BCUT2D eigenvalue weighted by atomic mass is 16.5. The summed E-state index contributed by atoms with van der Waals surface area (Å²) in [5.41, 5.74) is 0.858. The van der Waals surface area contributed by atoms with E-state index in [2.05, 4.69) is 10.6 Å². The van der Waals surface area contributed by atoms with E-state index in [0.717, 1.165) is 5.56 Å². The lowest BCUT2D eigenvalue weighted by Gasteiger charge is -2.29. The number of amides is 4. The predicted octanol–water partition coefficient (Wildman–Crippen LogP) is 1.35. The molecular weight excluding hydrogens is 436 g/mol. The van der Waals surface area contributed by atoms with Crippen LogP contribution in [0.25, 0.3) is 0 Å². The number of rotatable bonds is 4.